The average molecular weight is 338 g/mol. The summed E-state index contributed by atoms with van der Waals surface area (Å²) < 4.78 is 5.76. The topological polar surface area (TPSA) is 98.4 Å². The summed E-state index contributed by atoms with van der Waals surface area (Å²) in [5, 5.41) is 8.55. The monoisotopic (exact) mass is 337 g/mol. The first-order valence-corrected chi connectivity index (χ1v) is 7.40. The lowest BCUT2D eigenvalue weighted by Crippen LogP contribution is -2.38. The Hall–Kier alpha value is -2.25. The summed E-state index contributed by atoms with van der Waals surface area (Å²) in [7, 11) is 5.36. The zero-order valence-corrected chi connectivity index (χ0v) is 14.1. The molecule has 0 atom stereocenters. The van der Waals surface area contributed by atoms with Gasteiger partial charge in [-0.15, -0.1) is 0 Å². The number of fused-ring (bicyclic) bond motifs is 1. The molecule has 1 heterocycles. The molecule has 7 nitrogen and oxygen atoms in total. The smallest absolute Gasteiger partial charge is 0.276 e. The molecule has 0 aliphatic carbocycles. The van der Waals surface area contributed by atoms with Crippen molar-refractivity contribution in [3.63, 3.8) is 0 Å². The third kappa shape index (κ3) is 3.75. The fraction of sp³-hybridized carbons (Fsp3) is 0.333. The highest BCUT2D eigenvalue weighted by Gasteiger charge is 2.19. The molecule has 0 radical (unpaired) electrons. The number of carbonyl (C=O) groups is 1. The van der Waals surface area contributed by atoms with Crippen LogP contribution in [0.5, 0.6) is 5.75 Å². The molecular weight excluding hydrogens is 318 g/mol. The summed E-state index contributed by atoms with van der Waals surface area (Å²) in [5.74, 6) is -0.123. The number of likely N-dealkylation sites (N-methyl/N-ethyl adjacent to an activating group) is 1. The molecule has 23 heavy (non-hydrogen) atoms. The Kier molecular flexibility index (Phi) is 5.12. The lowest BCUT2D eigenvalue weighted by Gasteiger charge is -2.13. The Morgan fingerprint density at radius 2 is 2.09 bits per heavy atom. The van der Waals surface area contributed by atoms with Gasteiger partial charge in [0.25, 0.3) is 5.91 Å². The van der Waals surface area contributed by atoms with E-state index in [9.17, 15) is 4.79 Å². The molecule has 0 fully saturated rings. The van der Waals surface area contributed by atoms with E-state index in [1.807, 2.05) is 19.0 Å². The maximum Gasteiger partial charge on any atom is 0.276 e. The van der Waals surface area contributed by atoms with Crippen molar-refractivity contribution in [1.29, 1.82) is 5.41 Å². The van der Waals surface area contributed by atoms with E-state index in [1.165, 1.54) is 7.05 Å². The van der Waals surface area contributed by atoms with Crippen LogP contribution in [0.15, 0.2) is 18.2 Å². The second kappa shape index (κ2) is 6.89. The number of aromatic amines is 1. The van der Waals surface area contributed by atoms with E-state index < -0.39 is 5.91 Å². The molecule has 2 aromatic rings. The quantitative estimate of drug-likeness (QED) is 0.571. The molecule has 0 spiro atoms. The molecule has 1 amide bonds. The van der Waals surface area contributed by atoms with Crippen LogP contribution < -0.4 is 10.5 Å². The third-order valence-electron chi connectivity index (χ3n) is 3.39. The maximum absolute atomic E-state index is 12.3. The van der Waals surface area contributed by atoms with Crippen LogP contribution in [0.25, 0.3) is 10.9 Å². The van der Waals surface area contributed by atoms with Gasteiger partial charge in [-0.25, -0.2) is 0 Å². The van der Waals surface area contributed by atoms with Gasteiger partial charge in [0.1, 0.15) is 18.1 Å². The molecule has 0 bridgehead atoms. The van der Waals surface area contributed by atoms with Crippen molar-refractivity contribution in [2.24, 2.45) is 5.73 Å². The number of nitrogens with zero attached hydrogens (tertiary/aromatic N) is 2. The highest BCUT2D eigenvalue weighted by Crippen LogP contribution is 2.32. The molecule has 8 heteroatoms. The third-order valence-corrected chi connectivity index (χ3v) is 3.72. The first kappa shape index (κ1) is 17.1. The standard InChI is InChI=1S/C15H20ClN5O2/c1-20(2)6-7-23-12-5-4-10(16)9-8-11(19-13(9)12)14(22)21(3)15(17)18/h4-5,8,19H,6-7H2,1-3H3,(H3,17,18). The fourth-order valence-corrected chi connectivity index (χ4v) is 2.24. The number of benzene rings is 1. The number of guanidine groups is 1. The van der Waals surface area contributed by atoms with Crippen LogP contribution in [-0.4, -0.2) is 60.9 Å². The summed E-state index contributed by atoms with van der Waals surface area (Å²) in [4.78, 5) is 18.3. The number of carbonyl (C=O) groups excluding carboxylic acids is 1. The molecule has 0 saturated carbocycles. The van der Waals surface area contributed by atoms with E-state index in [2.05, 4.69) is 4.98 Å². The van der Waals surface area contributed by atoms with E-state index in [4.69, 9.17) is 27.5 Å². The predicted molar refractivity (Wildman–Crippen MR) is 91.4 cm³/mol. The minimum atomic E-state index is -0.413. The second-order valence-electron chi connectivity index (χ2n) is 5.42. The number of nitrogens with one attached hydrogen (secondary N) is 2. The van der Waals surface area contributed by atoms with Gasteiger partial charge in [0.15, 0.2) is 5.96 Å². The Bertz CT molecular complexity index is 741. The minimum Gasteiger partial charge on any atom is -0.490 e. The SMILES string of the molecule is CN(C)CCOc1ccc(Cl)c2cc(C(=O)N(C)C(=N)N)[nH]c12. The van der Waals surface area contributed by atoms with Gasteiger partial charge in [0, 0.05) is 19.0 Å². The van der Waals surface area contributed by atoms with Crippen molar-refractivity contribution in [1.82, 2.24) is 14.8 Å². The fourth-order valence-electron chi connectivity index (χ4n) is 2.02. The zero-order valence-electron chi connectivity index (χ0n) is 13.3. The number of H-pyrrole nitrogens is 1. The van der Waals surface area contributed by atoms with Gasteiger partial charge in [-0.1, -0.05) is 11.6 Å². The molecule has 1 aromatic carbocycles. The number of amides is 1. The molecule has 0 aliphatic rings. The van der Waals surface area contributed by atoms with E-state index in [0.717, 1.165) is 11.4 Å². The van der Waals surface area contributed by atoms with Crippen molar-refractivity contribution >= 4 is 34.4 Å². The molecule has 2 rings (SSSR count). The van der Waals surface area contributed by atoms with E-state index in [-0.39, 0.29) is 5.96 Å². The van der Waals surface area contributed by atoms with E-state index >= 15 is 0 Å². The Morgan fingerprint density at radius 1 is 1.39 bits per heavy atom. The molecule has 0 unspecified atom stereocenters. The number of aromatic nitrogens is 1. The van der Waals surface area contributed by atoms with Gasteiger partial charge in [-0.2, -0.15) is 0 Å². The normalized spacial score (nSPS) is 11.0. The lowest BCUT2D eigenvalue weighted by atomic mass is 10.2. The number of ether oxygens (including phenoxy) is 1. The van der Waals surface area contributed by atoms with Crippen LogP contribution in [0.2, 0.25) is 5.02 Å². The van der Waals surface area contributed by atoms with Crippen molar-refractivity contribution < 1.29 is 9.53 Å². The summed E-state index contributed by atoms with van der Waals surface area (Å²) >= 11 is 6.20. The molecule has 124 valence electrons. The molecule has 4 N–H and O–H groups in total. The highest BCUT2D eigenvalue weighted by atomic mass is 35.5. The summed E-state index contributed by atoms with van der Waals surface area (Å²) in [6, 6.07) is 5.13. The number of halogens is 1. The van der Waals surface area contributed by atoms with Crippen molar-refractivity contribution in [3.05, 3.63) is 28.9 Å². The van der Waals surface area contributed by atoms with Gasteiger partial charge >= 0.3 is 0 Å². The Morgan fingerprint density at radius 3 is 2.70 bits per heavy atom. The van der Waals surface area contributed by atoms with Gasteiger partial charge < -0.3 is 20.4 Å². The van der Waals surface area contributed by atoms with E-state index in [1.54, 1.807) is 18.2 Å². The van der Waals surface area contributed by atoms with Crippen molar-refractivity contribution in [3.8, 4) is 5.75 Å². The average Bonchev–Trinajstić information content (AvgIpc) is 2.93. The van der Waals surface area contributed by atoms with Crippen LogP contribution in [0.1, 0.15) is 10.5 Å². The first-order chi connectivity index (χ1) is 10.8. The minimum absolute atomic E-state index is 0.295. The predicted octanol–water partition coefficient (Wildman–Crippen LogP) is 1.73. The van der Waals surface area contributed by atoms with E-state index in [0.29, 0.717) is 34.0 Å². The maximum atomic E-state index is 12.3. The van der Waals surface area contributed by atoms with Gasteiger partial charge in [-0.05, 0) is 32.3 Å². The van der Waals surface area contributed by atoms with Crippen molar-refractivity contribution in [2.45, 2.75) is 0 Å². The zero-order chi connectivity index (χ0) is 17.1. The molecule has 1 aromatic heterocycles. The van der Waals surface area contributed by atoms with Crippen LogP contribution >= 0.6 is 11.6 Å². The van der Waals surface area contributed by atoms with Gasteiger partial charge in [0.2, 0.25) is 0 Å². The highest BCUT2D eigenvalue weighted by molar-refractivity contribution is 6.35. The van der Waals surface area contributed by atoms with Crippen LogP contribution in [0, 0.1) is 5.41 Å². The van der Waals surface area contributed by atoms with Crippen LogP contribution in [-0.2, 0) is 0 Å². The van der Waals surface area contributed by atoms with Crippen molar-refractivity contribution in [2.75, 3.05) is 34.3 Å². The Balaban J connectivity index is 2.35. The summed E-state index contributed by atoms with van der Waals surface area (Å²) in [5.41, 5.74) is 6.29. The van der Waals surface area contributed by atoms with Gasteiger partial charge in [0.05, 0.1) is 10.5 Å². The lowest BCUT2D eigenvalue weighted by molar-refractivity contribution is 0.0864. The van der Waals surface area contributed by atoms with Gasteiger partial charge in [-0.3, -0.25) is 15.1 Å². The summed E-state index contributed by atoms with van der Waals surface area (Å²) in [6.45, 7) is 1.28. The first-order valence-electron chi connectivity index (χ1n) is 7.02. The number of nitrogens with two attached hydrogens (primary N) is 1. The second-order valence-corrected chi connectivity index (χ2v) is 5.83. The number of hydrogen-bond acceptors (Lipinski definition) is 4. The molecule has 0 aliphatic heterocycles. The van der Waals surface area contributed by atoms with Crippen LogP contribution in [0.3, 0.4) is 0 Å². The largest absolute Gasteiger partial charge is 0.490 e. The van der Waals surface area contributed by atoms with Crippen LogP contribution in [0.4, 0.5) is 0 Å². The summed E-state index contributed by atoms with van der Waals surface area (Å²) in [6.07, 6.45) is 0. The molecule has 0 saturated heterocycles. The Labute approximate surface area is 139 Å². The molecular formula is C15H20ClN5O2. The number of rotatable bonds is 5. The number of hydrogen-bond donors (Lipinski definition) is 3.